The zero-order valence-electron chi connectivity index (χ0n) is 16.2. The average molecular weight is 355 g/mol. The van der Waals surface area contributed by atoms with Crippen LogP contribution in [0.2, 0.25) is 0 Å². The predicted octanol–water partition coefficient (Wildman–Crippen LogP) is 3.04. The number of hydrogen-bond acceptors (Lipinski definition) is 4. The minimum atomic E-state index is -1.64. The van der Waals surface area contributed by atoms with Crippen LogP contribution in [0.5, 0.6) is 0 Å². The van der Waals surface area contributed by atoms with Crippen molar-refractivity contribution in [3.05, 3.63) is 24.3 Å². The molecule has 0 aromatic rings. The minimum Gasteiger partial charge on any atom is -0.481 e. The number of allylic oxidation sites excluding steroid dienone is 2. The van der Waals surface area contributed by atoms with E-state index in [0.717, 1.165) is 19.3 Å². The van der Waals surface area contributed by atoms with Gasteiger partial charge in [-0.05, 0) is 31.6 Å². The third-order valence-electron chi connectivity index (χ3n) is 4.80. The van der Waals surface area contributed by atoms with Gasteiger partial charge in [-0.25, -0.2) is 0 Å². The first-order valence-corrected chi connectivity index (χ1v) is 9.41. The summed E-state index contributed by atoms with van der Waals surface area (Å²) < 4.78 is 7.96. The number of aliphatic hydroxyl groups excluding tert-OH is 2. The van der Waals surface area contributed by atoms with Crippen LogP contribution in [0.3, 0.4) is 0 Å². The zero-order valence-corrected chi connectivity index (χ0v) is 15.2. The molecule has 5 nitrogen and oxygen atoms in total. The van der Waals surface area contributed by atoms with E-state index in [4.69, 9.17) is 6.48 Å². The Morgan fingerprint density at radius 1 is 1.24 bits per heavy atom. The van der Waals surface area contributed by atoms with Gasteiger partial charge in [0.05, 0.1) is 19.7 Å². The molecule has 0 spiro atoms. The highest BCUT2D eigenvalue weighted by atomic mass is 16.4. The van der Waals surface area contributed by atoms with Gasteiger partial charge in [-0.15, -0.1) is 0 Å². The Morgan fingerprint density at radius 2 is 2.00 bits per heavy atom. The van der Waals surface area contributed by atoms with E-state index >= 15 is 0 Å². The molecule has 0 aromatic heterocycles. The van der Waals surface area contributed by atoms with Gasteiger partial charge in [-0.3, -0.25) is 4.79 Å². The van der Waals surface area contributed by atoms with Crippen molar-refractivity contribution in [3.8, 4) is 0 Å². The maximum atomic E-state index is 10.5. The lowest BCUT2D eigenvalue weighted by Gasteiger charge is -2.19. The molecule has 1 saturated carbocycles. The Hall–Kier alpha value is -1.17. The van der Waals surface area contributed by atoms with Crippen molar-refractivity contribution in [2.24, 2.45) is 11.8 Å². The number of aliphatic hydroxyl groups is 3. The largest absolute Gasteiger partial charge is 0.481 e. The van der Waals surface area contributed by atoms with E-state index in [1.807, 2.05) is 12.2 Å². The Labute approximate surface area is 152 Å². The van der Waals surface area contributed by atoms with Crippen LogP contribution in [0, 0.1) is 11.8 Å². The molecule has 25 heavy (non-hydrogen) atoms. The van der Waals surface area contributed by atoms with E-state index in [1.54, 1.807) is 6.08 Å². The lowest BCUT2D eigenvalue weighted by atomic mass is 9.89. The average Bonchev–Trinajstić information content (AvgIpc) is 2.82. The van der Waals surface area contributed by atoms with E-state index < -0.39 is 24.3 Å². The van der Waals surface area contributed by atoms with Crippen molar-refractivity contribution >= 4 is 5.97 Å². The maximum absolute atomic E-state index is 10.5. The first-order valence-electron chi connectivity index (χ1n) is 9.91. The fourth-order valence-electron chi connectivity index (χ4n) is 3.31. The highest BCUT2D eigenvalue weighted by Crippen LogP contribution is 2.36. The van der Waals surface area contributed by atoms with Gasteiger partial charge < -0.3 is 20.4 Å². The molecule has 1 aliphatic carbocycles. The molecule has 0 aromatic carbocycles. The van der Waals surface area contributed by atoms with Gasteiger partial charge in [0.2, 0.25) is 0 Å². The standard InChI is InChI=1S/C20H34O5/c1-2-3-6-9-15(21)12-13-17-16(18(22)14-19(17)23)10-7-4-5-8-11-20(24)25/h4,7,12-13,15-19,21-23H,2-3,5-6,8-11,14H2,1H3,(H,24,25)/b7-4-,13-12+/t15-,16+,17+,18-,19+/m0/s1/i15D. The van der Waals surface area contributed by atoms with Crippen molar-refractivity contribution in [1.29, 1.82) is 0 Å². The summed E-state index contributed by atoms with van der Waals surface area (Å²) in [5, 5.41) is 39.1. The SMILES string of the molecule is [2H][C@@](O)(/C=C/[C@@H]1[C@@H](C/C=C\CCCC(=O)O)[C@@H](O)C[C@H]1O)CCCCC. The molecule has 144 valence electrons. The second-order valence-electron chi connectivity index (χ2n) is 6.91. The van der Waals surface area contributed by atoms with Gasteiger partial charge in [0.1, 0.15) is 0 Å². The summed E-state index contributed by atoms with van der Waals surface area (Å²) in [5.74, 6) is -1.26. The van der Waals surface area contributed by atoms with E-state index in [-0.39, 0.29) is 18.3 Å². The molecule has 5 heteroatoms. The highest BCUT2D eigenvalue weighted by Gasteiger charge is 2.39. The van der Waals surface area contributed by atoms with Crippen LogP contribution >= 0.6 is 0 Å². The Bertz CT molecular complexity index is 475. The quantitative estimate of drug-likeness (QED) is 0.319. The van der Waals surface area contributed by atoms with Crippen molar-refractivity contribution in [2.45, 2.75) is 83.0 Å². The van der Waals surface area contributed by atoms with Crippen LogP contribution in [0.15, 0.2) is 24.3 Å². The summed E-state index contributed by atoms with van der Waals surface area (Å²) in [4.78, 5) is 10.5. The van der Waals surface area contributed by atoms with Gasteiger partial charge in [-0.2, -0.15) is 0 Å². The van der Waals surface area contributed by atoms with Crippen LogP contribution in [-0.2, 0) is 4.79 Å². The fourth-order valence-corrected chi connectivity index (χ4v) is 3.31. The van der Waals surface area contributed by atoms with Crippen LogP contribution in [0.25, 0.3) is 0 Å². The summed E-state index contributed by atoms with van der Waals surface area (Å²) in [6.07, 6.45) is 9.39. The molecule has 0 radical (unpaired) electrons. The molecule has 5 atom stereocenters. The number of unbranched alkanes of at least 4 members (excludes halogenated alkanes) is 3. The van der Waals surface area contributed by atoms with Gasteiger partial charge in [0.25, 0.3) is 0 Å². The molecule has 0 bridgehead atoms. The Morgan fingerprint density at radius 3 is 2.68 bits per heavy atom. The second-order valence-corrected chi connectivity index (χ2v) is 6.91. The molecule has 0 saturated heterocycles. The van der Waals surface area contributed by atoms with Gasteiger partial charge in [-0.1, -0.05) is 50.5 Å². The lowest BCUT2D eigenvalue weighted by molar-refractivity contribution is -0.137. The number of aliphatic carboxylic acids is 1. The van der Waals surface area contributed by atoms with Crippen LogP contribution < -0.4 is 0 Å². The number of carboxylic acid groups (broad SMARTS) is 1. The number of carbonyl (C=O) groups is 1. The second kappa shape index (κ2) is 12.2. The van der Waals surface area contributed by atoms with Crippen molar-refractivity contribution in [3.63, 3.8) is 0 Å². The third-order valence-corrected chi connectivity index (χ3v) is 4.80. The van der Waals surface area contributed by atoms with Crippen molar-refractivity contribution in [1.82, 2.24) is 0 Å². The van der Waals surface area contributed by atoms with Crippen LogP contribution in [-0.4, -0.2) is 44.7 Å². The lowest BCUT2D eigenvalue weighted by Crippen LogP contribution is -2.20. The topological polar surface area (TPSA) is 98.0 Å². The molecule has 1 rings (SSSR count). The van der Waals surface area contributed by atoms with Gasteiger partial charge in [0.15, 0.2) is 0 Å². The third kappa shape index (κ3) is 8.66. The smallest absolute Gasteiger partial charge is 0.303 e. The fraction of sp³-hybridized carbons (Fsp3) is 0.750. The minimum absolute atomic E-state index is 0.139. The van der Waals surface area contributed by atoms with Crippen LogP contribution in [0.1, 0.15) is 66.1 Å². The first kappa shape index (κ1) is 20.1. The summed E-state index contributed by atoms with van der Waals surface area (Å²) in [6.45, 7) is 2.06. The summed E-state index contributed by atoms with van der Waals surface area (Å²) in [5.41, 5.74) is 0. The molecule has 0 aliphatic heterocycles. The molecule has 1 fully saturated rings. The number of carboxylic acids is 1. The first-order chi connectivity index (χ1) is 12.3. The molecular weight excluding hydrogens is 320 g/mol. The monoisotopic (exact) mass is 355 g/mol. The Kier molecular flexibility index (Phi) is 9.85. The number of rotatable bonds is 12. The van der Waals surface area contributed by atoms with E-state index in [2.05, 4.69) is 6.92 Å². The maximum Gasteiger partial charge on any atom is 0.303 e. The van der Waals surface area contributed by atoms with Gasteiger partial charge >= 0.3 is 5.97 Å². The Balaban J connectivity index is 2.56. The van der Waals surface area contributed by atoms with Crippen LogP contribution in [0.4, 0.5) is 0 Å². The van der Waals surface area contributed by atoms with Crippen molar-refractivity contribution < 1.29 is 26.6 Å². The molecule has 0 unspecified atom stereocenters. The highest BCUT2D eigenvalue weighted by molar-refractivity contribution is 5.66. The van der Waals surface area contributed by atoms with Gasteiger partial charge in [0, 0.05) is 18.8 Å². The normalized spacial score (nSPS) is 30.0. The van der Waals surface area contributed by atoms with Crippen molar-refractivity contribution in [2.75, 3.05) is 0 Å². The summed E-state index contributed by atoms with van der Waals surface area (Å²) >= 11 is 0. The molecule has 4 N–H and O–H groups in total. The molecule has 0 heterocycles. The molecule has 0 amide bonds. The van der Waals surface area contributed by atoms with E-state index in [9.17, 15) is 20.1 Å². The predicted molar refractivity (Wildman–Crippen MR) is 98.1 cm³/mol. The summed E-state index contributed by atoms with van der Waals surface area (Å²) in [6, 6.07) is 0. The number of hydrogen-bond donors (Lipinski definition) is 4. The van der Waals surface area contributed by atoms with E-state index in [0.29, 0.717) is 32.1 Å². The summed E-state index contributed by atoms with van der Waals surface area (Å²) in [7, 11) is 0. The molecular formula is C20H34O5. The molecule has 1 aliphatic rings. The zero-order chi connectivity index (χ0) is 19.6. The van der Waals surface area contributed by atoms with E-state index in [1.165, 1.54) is 6.08 Å².